The fraction of sp³-hybridized carbons (Fsp3) is 0.250. The molecule has 2 amide bonds. The summed E-state index contributed by atoms with van der Waals surface area (Å²) in [4.78, 5) is 36.5. The van der Waals surface area contributed by atoms with Gasteiger partial charge in [-0.25, -0.2) is 4.79 Å². The van der Waals surface area contributed by atoms with Crippen molar-refractivity contribution in [1.29, 1.82) is 0 Å². The molecule has 0 radical (unpaired) electrons. The molecule has 2 aromatic rings. The van der Waals surface area contributed by atoms with E-state index in [9.17, 15) is 14.4 Å². The zero-order valence-electron chi connectivity index (χ0n) is 15.0. The molecule has 142 valence electrons. The average Bonchev–Trinajstić information content (AvgIpc) is 2.65. The lowest BCUT2D eigenvalue weighted by molar-refractivity contribution is -0.119. The van der Waals surface area contributed by atoms with E-state index in [0.29, 0.717) is 17.0 Å². The topological polar surface area (TPSA) is 95.5 Å². The number of anilines is 1. The Morgan fingerprint density at radius 1 is 1.11 bits per heavy atom. The number of amides is 2. The van der Waals surface area contributed by atoms with Crippen LogP contribution in [-0.4, -0.2) is 28.9 Å². The highest BCUT2D eigenvalue weighted by molar-refractivity contribution is 6.31. The van der Waals surface area contributed by atoms with Crippen LogP contribution in [-0.2, 0) is 4.79 Å². The van der Waals surface area contributed by atoms with Gasteiger partial charge in [-0.1, -0.05) is 62.2 Å². The van der Waals surface area contributed by atoms with Crippen LogP contribution in [0.4, 0.5) is 10.5 Å². The minimum Gasteiger partial charge on any atom is -0.465 e. The Kier molecular flexibility index (Phi) is 6.96. The molecule has 27 heavy (non-hydrogen) atoms. The van der Waals surface area contributed by atoms with E-state index >= 15 is 0 Å². The Morgan fingerprint density at radius 2 is 1.78 bits per heavy atom. The molecule has 0 saturated heterocycles. The molecule has 6 nitrogen and oxygen atoms in total. The third-order valence-electron chi connectivity index (χ3n) is 4.29. The van der Waals surface area contributed by atoms with Gasteiger partial charge in [0, 0.05) is 16.1 Å². The summed E-state index contributed by atoms with van der Waals surface area (Å²) in [6.45, 7) is 3.63. The molecule has 0 aliphatic rings. The molecule has 2 aromatic carbocycles. The smallest absolute Gasteiger partial charge is 0.405 e. The van der Waals surface area contributed by atoms with Crippen molar-refractivity contribution in [2.75, 3.05) is 5.32 Å². The second-order valence-electron chi connectivity index (χ2n) is 6.19. The molecular weight excluding hydrogens is 368 g/mol. The summed E-state index contributed by atoms with van der Waals surface area (Å²) < 4.78 is 0. The predicted octanol–water partition coefficient (Wildman–Crippen LogP) is 4.19. The average molecular weight is 389 g/mol. The number of benzene rings is 2. The first kappa shape index (κ1) is 20.5. The zero-order chi connectivity index (χ0) is 20.0. The summed E-state index contributed by atoms with van der Waals surface area (Å²) in [5, 5.41) is 14.2. The molecule has 0 unspecified atom stereocenters. The molecule has 0 aliphatic heterocycles. The van der Waals surface area contributed by atoms with Gasteiger partial charge in [0.1, 0.15) is 6.04 Å². The summed E-state index contributed by atoms with van der Waals surface area (Å²) in [5.41, 5.74) is 0.983. The highest BCUT2D eigenvalue weighted by Crippen LogP contribution is 2.24. The van der Waals surface area contributed by atoms with Gasteiger partial charge in [0.05, 0.1) is 5.69 Å². The number of rotatable bonds is 7. The van der Waals surface area contributed by atoms with Crippen molar-refractivity contribution < 1.29 is 19.5 Å². The van der Waals surface area contributed by atoms with Crippen molar-refractivity contribution in [3.8, 4) is 0 Å². The number of carbonyl (C=O) groups is 3. The first-order chi connectivity index (χ1) is 12.8. The summed E-state index contributed by atoms with van der Waals surface area (Å²) in [6, 6.07) is 12.3. The van der Waals surface area contributed by atoms with Crippen LogP contribution in [0.3, 0.4) is 0 Å². The van der Waals surface area contributed by atoms with Crippen molar-refractivity contribution in [2.45, 2.75) is 26.3 Å². The summed E-state index contributed by atoms with van der Waals surface area (Å²) in [6.07, 6.45) is -0.689. The minimum atomic E-state index is -1.29. The van der Waals surface area contributed by atoms with Crippen LogP contribution in [0, 0.1) is 5.92 Å². The van der Waals surface area contributed by atoms with Crippen molar-refractivity contribution in [1.82, 2.24) is 5.32 Å². The normalized spacial score (nSPS) is 12.7. The molecule has 0 fully saturated rings. The molecule has 0 spiro atoms. The summed E-state index contributed by atoms with van der Waals surface area (Å²) in [5.74, 6) is -1.04. The van der Waals surface area contributed by atoms with Gasteiger partial charge in [0.15, 0.2) is 5.78 Å². The van der Waals surface area contributed by atoms with E-state index in [4.69, 9.17) is 16.7 Å². The van der Waals surface area contributed by atoms with Gasteiger partial charge in [0.25, 0.3) is 0 Å². The number of carbonyl (C=O) groups excluding carboxylic acids is 2. The van der Waals surface area contributed by atoms with E-state index < -0.39 is 18.0 Å². The zero-order valence-corrected chi connectivity index (χ0v) is 15.8. The molecule has 2 atom stereocenters. The van der Waals surface area contributed by atoms with Crippen molar-refractivity contribution in [3.05, 3.63) is 64.7 Å². The highest BCUT2D eigenvalue weighted by atomic mass is 35.5. The third-order valence-corrected chi connectivity index (χ3v) is 4.53. The molecule has 3 N–H and O–H groups in total. The minimum absolute atomic E-state index is 0.228. The Balaban J connectivity index is 2.34. The maximum atomic E-state index is 12.8. The molecule has 7 heteroatoms. The van der Waals surface area contributed by atoms with Gasteiger partial charge in [-0.05, 0) is 24.1 Å². The Hall–Kier alpha value is -2.86. The molecule has 0 saturated carbocycles. The summed E-state index contributed by atoms with van der Waals surface area (Å²) in [7, 11) is 0. The number of halogens is 1. The number of carboxylic acid groups (broad SMARTS) is 1. The van der Waals surface area contributed by atoms with E-state index in [0.717, 1.165) is 0 Å². The van der Waals surface area contributed by atoms with Crippen LogP contribution in [0.25, 0.3) is 0 Å². The Morgan fingerprint density at radius 3 is 2.37 bits per heavy atom. The highest BCUT2D eigenvalue weighted by Gasteiger charge is 2.27. The van der Waals surface area contributed by atoms with Gasteiger partial charge < -0.3 is 15.7 Å². The second kappa shape index (κ2) is 9.19. The van der Waals surface area contributed by atoms with Gasteiger partial charge >= 0.3 is 6.09 Å². The SMILES string of the molecule is CC[C@H](C)[C@H](NC(=O)O)C(=O)Nc1cc(Cl)ccc1C(=O)c1ccccc1. The third kappa shape index (κ3) is 5.31. The van der Waals surface area contributed by atoms with Crippen LogP contribution >= 0.6 is 11.6 Å². The predicted molar refractivity (Wildman–Crippen MR) is 104 cm³/mol. The fourth-order valence-electron chi connectivity index (χ4n) is 2.61. The second-order valence-corrected chi connectivity index (χ2v) is 6.62. The van der Waals surface area contributed by atoms with Crippen LogP contribution in [0.1, 0.15) is 36.2 Å². The van der Waals surface area contributed by atoms with E-state index in [2.05, 4.69) is 10.6 Å². The molecule has 0 aromatic heterocycles. The van der Waals surface area contributed by atoms with E-state index in [-0.39, 0.29) is 23.0 Å². The Bertz CT molecular complexity index is 839. The lowest BCUT2D eigenvalue weighted by Crippen LogP contribution is -2.47. The molecule has 0 heterocycles. The number of ketones is 1. The maximum absolute atomic E-state index is 12.8. The van der Waals surface area contributed by atoms with Crippen molar-refractivity contribution >= 4 is 35.1 Å². The van der Waals surface area contributed by atoms with Gasteiger partial charge in [-0.2, -0.15) is 0 Å². The van der Waals surface area contributed by atoms with Crippen LogP contribution in [0.15, 0.2) is 48.5 Å². The van der Waals surface area contributed by atoms with Crippen LogP contribution in [0.5, 0.6) is 0 Å². The number of hydrogen-bond donors (Lipinski definition) is 3. The van der Waals surface area contributed by atoms with E-state index in [1.165, 1.54) is 12.1 Å². The lowest BCUT2D eigenvalue weighted by Gasteiger charge is -2.22. The van der Waals surface area contributed by atoms with Gasteiger partial charge in [0.2, 0.25) is 5.91 Å². The van der Waals surface area contributed by atoms with E-state index in [1.54, 1.807) is 43.3 Å². The van der Waals surface area contributed by atoms with Crippen molar-refractivity contribution in [3.63, 3.8) is 0 Å². The number of hydrogen-bond acceptors (Lipinski definition) is 3. The van der Waals surface area contributed by atoms with Crippen LogP contribution in [0.2, 0.25) is 5.02 Å². The molecule has 0 aliphatic carbocycles. The number of nitrogens with one attached hydrogen (secondary N) is 2. The quantitative estimate of drug-likeness (QED) is 0.619. The largest absolute Gasteiger partial charge is 0.465 e. The first-order valence-electron chi connectivity index (χ1n) is 8.53. The molecule has 2 rings (SSSR count). The standard InChI is InChI=1S/C20H21ClN2O4/c1-3-12(2)17(23-20(26)27)19(25)22-16-11-14(21)9-10-15(16)18(24)13-7-5-4-6-8-13/h4-12,17,23H,3H2,1-2H3,(H,22,25)(H,26,27)/t12-,17-/m0/s1. The first-order valence-corrected chi connectivity index (χ1v) is 8.91. The Labute approximate surface area is 162 Å². The lowest BCUT2D eigenvalue weighted by atomic mass is 9.97. The van der Waals surface area contributed by atoms with Gasteiger partial charge in [-0.3, -0.25) is 9.59 Å². The van der Waals surface area contributed by atoms with Crippen molar-refractivity contribution in [2.24, 2.45) is 5.92 Å². The monoisotopic (exact) mass is 388 g/mol. The maximum Gasteiger partial charge on any atom is 0.405 e. The van der Waals surface area contributed by atoms with E-state index in [1.807, 2.05) is 6.92 Å². The molecule has 0 bridgehead atoms. The summed E-state index contributed by atoms with van der Waals surface area (Å²) >= 11 is 6.03. The van der Waals surface area contributed by atoms with Crippen LogP contribution < -0.4 is 10.6 Å². The molecular formula is C20H21ClN2O4. The van der Waals surface area contributed by atoms with Gasteiger partial charge in [-0.15, -0.1) is 0 Å². The fourth-order valence-corrected chi connectivity index (χ4v) is 2.78.